The zero-order valence-electron chi connectivity index (χ0n) is 16.9. The number of carbonyl (C=O) groups is 2. The molecule has 0 fully saturated rings. The van der Waals surface area contributed by atoms with Crippen molar-refractivity contribution in [1.82, 2.24) is 15.5 Å². The Morgan fingerprint density at radius 1 is 1.10 bits per heavy atom. The highest BCUT2D eigenvalue weighted by Gasteiger charge is 2.34. The third kappa shape index (κ3) is 4.28. The number of carbonyl (C=O) groups excluding carboxylic acids is 2. The Labute approximate surface area is 176 Å². The quantitative estimate of drug-likeness (QED) is 0.752. The van der Waals surface area contributed by atoms with Crippen molar-refractivity contribution in [3.63, 3.8) is 0 Å². The van der Waals surface area contributed by atoms with Crippen LogP contribution in [0.4, 0.5) is 4.79 Å². The summed E-state index contributed by atoms with van der Waals surface area (Å²) in [6.07, 6.45) is 3.13. The van der Waals surface area contributed by atoms with Gasteiger partial charge in [0.25, 0.3) is 0 Å². The predicted molar refractivity (Wildman–Crippen MR) is 115 cm³/mol. The van der Waals surface area contributed by atoms with Crippen LogP contribution in [-0.2, 0) is 9.53 Å². The van der Waals surface area contributed by atoms with Crippen molar-refractivity contribution in [2.24, 2.45) is 0 Å². The molecule has 2 amide bonds. The van der Waals surface area contributed by atoms with Crippen LogP contribution in [0.15, 0.2) is 78.0 Å². The molecular weight excluding hydrogens is 378 g/mol. The van der Waals surface area contributed by atoms with Crippen LogP contribution in [0.1, 0.15) is 23.6 Å². The lowest BCUT2D eigenvalue weighted by atomic mass is 9.94. The van der Waals surface area contributed by atoms with E-state index in [1.54, 1.807) is 0 Å². The minimum Gasteiger partial charge on any atom is -0.466 e. The van der Waals surface area contributed by atoms with Crippen LogP contribution in [-0.4, -0.2) is 43.6 Å². The van der Waals surface area contributed by atoms with Crippen LogP contribution in [0, 0.1) is 0 Å². The molecular formula is C24H25N3O3. The highest BCUT2D eigenvalue weighted by molar-refractivity contribution is 5.95. The second kappa shape index (κ2) is 8.97. The number of amides is 2. The molecule has 2 aliphatic heterocycles. The number of urea groups is 1. The van der Waals surface area contributed by atoms with Crippen molar-refractivity contribution in [3.8, 4) is 0 Å². The molecule has 0 radical (unpaired) electrons. The summed E-state index contributed by atoms with van der Waals surface area (Å²) in [6, 6.07) is 19.0. The fourth-order valence-corrected chi connectivity index (χ4v) is 3.98. The second-order valence-electron chi connectivity index (χ2n) is 7.41. The van der Waals surface area contributed by atoms with Crippen molar-refractivity contribution in [2.45, 2.75) is 12.5 Å². The molecule has 0 saturated carbocycles. The van der Waals surface area contributed by atoms with E-state index in [9.17, 15) is 9.59 Å². The van der Waals surface area contributed by atoms with Gasteiger partial charge in [-0.25, -0.2) is 9.59 Å². The molecule has 2 aromatic carbocycles. The summed E-state index contributed by atoms with van der Waals surface area (Å²) in [6.45, 7) is 2.07. The van der Waals surface area contributed by atoms with E-state index < -0.39 is 12.0 Å². The van der Waals surface area contributed by atoms with E-state index in [0.29, 0.717) is 17.8 Å². The zero-order valence-corrected chi connectivity index (χ0v) is 16.9. The van der Waals surface area contributed by atoms with E-state index in [2.05, 4.69) is 33.7 Å². The van der Waals surface area contributed by atoms with Crippen molar-refractivity contribution >= 4 is 17.6 Å². The van der Waals surface area contributed by atoms with Crippen LogP contribution < -0.4 is 10.6 Å². The highest BCUT2D eigenvalue weighted by Crippen LogP contribution is 2.29. The number of nitrogens with one attached hydrogen (secondary N) is 2. The Balaban J connectivity index is 1.59. The van der Waals surface area contributed by atoms with Gasteiger partial charge in [0.1, 0.15) is 0 Å². The molecule has 1 atom stereocenters. The summed E-state index contributed by atoms with van der Waals surface area (Å²) in [5.41, 5.74) is 4.45. The van der Waals surface area contributed by atoms with E-state index >= 15 is 0 Å². The summed E-state index contributed by atoms with van der Waals surface area (Å²) in [5, 5.41) is 5.69. The van der Waals surface area contributed by atoms with Crippen LogP contribution >= 0.6 is 0 Å². The molecule has 0 aromatic heterocycles. The molecule has 30 heavy (non-hydrogen) atoms. The molecule has 0 bridgehead atoms. The molecule has 2 aliphatic rings. The minimum atomic E-state index is -0.539. The first kappa shape index (κ1) is 19.9. The van der Waals surface area contributed by atoms with Gasteiger partial charge in [0.2, 0.25) is 0 Å². The van der Waals surface area contributed by atoms with Crippen LogP contribution in [0.3, 0.4) is 0 Å². The van der Waals surface area contributed by atoms with Crippen LogP contribution in [0.5, 0.6) is 0 Å². The van der Waals surface area contributed by atoms with Crippen molar-refractivity contribution in [1.29, 1.82) is 0 Å². The van der Waals surface area contributed by atoms with Crippen molar-refractivity contribution in [3.05, 3.63) is 89.1 Å². The van der Waals surface area contributed by atoms with Crippen LogP contribution in [0.25, 0.3) is 5.57 Å². The fourth-order valence-electron chi connectivity index (χ4n) is 3.98. The van der Waals surface area contributed by atoms with Crippen molar-refractivity contribution in [2.75, 3.05) is 26.7 Å². The Morgan fingerprint density at radius 3 is 2.43 bits per heavy atom. The first-order valence-corrected chi connectivity index (χ1v) is 10.1. The highest BCUT2D eigenvalue weighted by atomic mass is 16.5. The van der Waals surface area contributed by atoms with Crippen molar-refractivity contribution < 1.29 is 14.3 Å². The molecule has 4 rings (SSSR count). The van der Waals surface area contributed by atoms with Crippen LogP contribution in [0.2, 0.25) is 0 Å². The summed E-state index contributed by atoms with van der Waals surface area (Å²) in [4.78, 5) is 27.2. The summed E-state index contributed by atoms with van der Waals surface area (Å²) >= 11 is 0. The summed E-state index contributed by atoms with van der Waals surface area (Å²) in [5.74, 6) is -0.441. The lowest BCUT2D eigenvalue weighted by Crippen LogP contribution is -2.48. The number of nitrogens with zero attached hydrogens (tertiary/aromatic N) is 1. The second-order valence-corrected chi connectivity index (χ2v) is 7.41. The van der Waals surface area contributed by atoms with E-state index in [-0.39, 0.29) is 6.03 Å². The molecule has 2 aromatic rings. The van der Waals surface area contributed by atoms with E-state index in [1.807, 2.05) is 48.5 Å². The van der Waals surface area contributed by atoms with Gasteiger partial charge in [0, 0.05) is 25.3 Å². The molecule has 6 heteroatoms. The molecule has 1 unspecified atom stereocenters. The predicted octanol–water partition coefficient (Wildman–Crippen LogP) is 3.26. The largest absolute Gasteiger partial charge is 0.466 e. The number of esters is 1. The zero-order chi connectivity index (χ0) is 20.9. The van der Waals surface area contributed by atoms with Gasteiger partial charge in [0.15, 0.2) is 0 Å². The molecule has 0 saturated heterocycles. The number of hydrogen-bond donors (Lipinski definition) is 2. The van der Waals surface area contributed by atoms with E-state index in [1.165, 1.54) is 18.2 Å². The lowest BCUT2D eigenvalue weighted by Gasteiger charge is -2.33. The van der Waals surface area contributed by atoms with E-state index in [4.69, 9.17) is 4.74 Å². The third-order valence-corrected chi connectivity index (χ3v) is 5.51. The number of methoxy groups -OCH3 is 1. The maximum absolute atomic E-state index is 12.6. The number of benzene rings is 2. The third-order valence-electron chi connectivity index (χ3n) is 5.51. The molecule has 0 spiro atoms. The average molecular weight is 403 g/mol. The van der Waals surface area contributed by atoms with Gasteiger partial charge in [0.05, 0.1) is 18.7 Å². The van der Waals surface area contributed by atoms with E-state index in [0.717, 1.165) is 25.1 Å². The Kier molecular flexibility index (Phi) is 5.95. The van der Waals surface area contributed by atoms with Gasteiger partial charge in [-0.15, -0.1) is 0 Å². The maximum atomic E-state index is 12.6. The smallest absolute Gasteiger partial charge is 0.338 e. The van der Waals surface area contributed by atoms with Gasteiger partial charge in [-0.2, -0.15) is 0 Å². The first-order chi connectivity index (χ1) is 14.7. The van der Waals surface area contributed by atoms with Gasteiger partial charge in [-0.1, -0.05) is 66.7 Å². The molecule has 2 N–H and O–H groups in total. The molecule has 2 heterocycles. The summed E-state index contributed by atoms with van der Waals surface area (Å²) < 4.78 is 5.05. The number of hydrogen-bond acceptors (Lipinski definition) is 4. The lowest BCUT2D eigenvalue weighted by molar-refractivity contribution is -0.136. The minimum absolute atomic E-state index is 0.316. The Hall–Kier alpha value is -3.38. The topological polar surface area (TPSA) is 70.7 Å². The Morgan fingerprint density at radius 2 is 1.80 bits per heavy atom. The van der Waals surface area contributed by atoms with Gasteiger partial charge < -0.3 is 15.4 Å². The maximum Gasteiger partial charge on any atom is 0.338 e. The molecule has 0 aliphatic carbocycles. The summed E-state index contributed by atoms with van der Waals surface area (Å²) in [7, 11) is 1.36. The average Bonchev–Trinajstić information content (AvgIpc) is 2.80. The molecule has 154 valence electrons. The number of ether oxygens (including phenoxy) is 1. The molecule has 6 nitrogen and oxygen atoms in total. The normalized spacial score (nSPS) is 19.6. The Bertz CT molecular complexity index is 983. The monoisotopic (exact) mass is 403 g/mol. The SMILES string of the molecule is COC(=O)C1=C(CN2CC=C(c3ccccc3)CC2)NC(=O)NC1c1ccccc1. The van der Waals surface area contributed by atoms with Gasteiger partial charge in [-0.05, 0) is 23.1 Å². The number of rotatable bonds is 5. The van der Waals surface area contributed by atoms with Gasteiger partial charge >= 0.3 is 12.0 Å². The standard InChI is InChI=1S/C24H25N3O3/c1-30-23(28)21-20(25-24(29)26-22(21)19-10-6-3-7-11-19)16-27-14-12-18(13-15-27)17-8-4-2-5-9-17/h2-12,22H,13-16H2,1H3,(H2,25,26,29). The first-order valence-electron chi connectivity index (χ1n) is 10.1. The fraction of sp³-hybridized carbons (Fsp3) is 0.250. The van der Waals surface area contributed by atoms with Gasteiger partial charge in [-0.3, -0.25) is 4.90 Å².